The summed E-state index contributed by atoms with van der Waals surface area (Å²) >= 11 is 3.30. The molecule has 0 saturated carbocycles. The van der Waals surface area contributed by atoms with Crippen molar-refractivity contribution in [1.29, 1.82) is 0 Å². The van der Waals surface area contributed by atoms with E-state index in [1.165, 1.54) is 0 Å². The van der Waals surface area contributed by atoms with E-state index in [0.29, 0.717) is 29.0 Å². The first-order chi connectivity index (χ1) is 10.7. The molecule has 132 valence electrons. The molecular weight excluding hydrogens is 374 g/mol. The molecular formula is C17H30BrNO3Si. The smallest absolute Gasteiger partial charge is 0.200 e. The highest BCUT2D eigenvalue weighted by Gasteiger charge is 2.45. The Kier molecular flexibility index (Phi) is 8.20. The molecule has 0 spiro atoms. The summed E-state index contributed by atoms with van der Waals surface area (Å²) in [7, 11) is -1.95. The van der Waals surface area contributed by atoms with Gasteiger partial charge in [0, 0.05) is 0 Å². The van der Waals surface area contributed by atoms with Gasteiger partial charge in [-0.1, -0.05) is 41.5 Å². The molecule has 23 heavy (non-hydrogen) atoms. The fraction of sp³-hybridized carbons (Fsp3) is 0.706. The molecule has 4 nitrogen and oxygen atoms in total. The molecule has 0 fully saturated rings. The van der Waals surface area contributed by atoms with Gasteiger partial charge in [-0.15, -0.1) is 0 Å². The van der Waals surface area contributed by atoms with Gasteiger partial charge in [0.25, 0.3) is 0 Å². The number of nitrogens with zero attached hydrogens (tertiary/aromatic N) is 1. The van der Waals surface area contributed by atoms with Gasteiger partial charge in [-0.3, -0.25) is 0 Å². The first-order valence-electron chi connectivity index (χ1n) is 8.27. The SMILES string of the molecule is CC(C)[Si](OC[C@H](CO)Oc1ccc(Br)nc1)(C(C)C)C(C)C. The molecule has 0 amide bonds. The van der Waals surface area contributed by atoms with Crippen molar-refractivity contribution in [3.63, 3.8) is 0 Å². The third kappa shape index (κ3) is 5.27. The van der Waals surface area contributed by atoms with Crippen molar-refractivity contribution in [2.24, 2.45) is 0 Å². The second kappa shape index (κ2) is 9.16. The lowest BCUT2D eigenvalue weighted by molar-refractivity contribution is 0.0648. The van der Waals surface area contributed by atoms with E-state index in [9.17, 15) is 5.11 Å². The van der Waals surface area contributed by atoms with Crippen molar-refractivity contribution in [3.8, 4) is 5.75 Å². The van der Waals surface area contributed by atoms with E-state index in [2.05, 4.69) is 62.5 Å². The Labute approximate surface area is 149 Å². The van der Waals surface area contributed by atoms with Gasteiger partial charge in [0.15, 0.2) is 0 Å². The maximum absolute atomic E-state index is 9.64. The quantitative estimate of drug-likeness (QED) is 0.476. The van der Waals surface area contributed by atoms with Crippen LogP contribution in [0, 0.1) is 0 Å². The van der Waals surface area contributed by atoms with E-state index in [1.54, 1.807) is 6.20 Å². The van der Waals surface area contributed by atoms with Gasteiger partial charge in [-0.2, -0.15) is 0 Å². The normalized spacial score (nSPS) is 13.9. The highest BCUT2D eigenvalue weighted by atomic mass is 79.9. The standard InChI is InChI=1S/C17H30BrNO3Si/c1-12(2)23(13(3)4,14(5)6)21-11-16(10-20)22-15-7-8-17(18)19-9-15/h7-9,12-14,16,20H,10-11H2,1-6H3/t16-/m0/s1. The number of aromatic nitrogens is 1. The van der Waals surface area contributed by atoms with Gasteiger partial charge in [0.2, 0.25) is 8.32 Å². The van der Waals surface area contributed by atoms with Gasteiger partial charge in [0.1, 0.15) is 16.5 Å². The Hall–Kier alpha value is -0.433. The number of ether oxygens (including phenoxy) is 1. The van der Waals surface area contributed by atoms with Gasteiger partial charge >= 0.3 is 0 Å². The predicted molar refractivity (Wildman–Crippen MR) is 100 cm³/mol. The minimum absolute atomic E-state index is 0.0746. The lowest BCUT2D eigenvalue weighted by Crippen LogP contribution is -2.49. The molecule has 0 aliphatic heterocycles. The lowest BCUT2D eigenvalue weighted by Gasteiger charge is -2.42. The Morgan fingerprint density at radius 3 is 2.04 bits per heavy atom. The zero-order chi connectivity index (χ0) is 17.6. The minimum Gasteiger partial charge on any atom is -0.484 e. The fourth-order valence-corrected chi connectivity index (χ4v) is 9.19. The first kappa shape index (κ1) is 20.6. The van der Waals surface area contributed by atoms with Gasteiger partial charge in [0.05, 0.1) is 19.4 Å². The van der Waals surface area contributed by atoms with Crippen LogP contribution in [0.1, 0.15) is 41.5 Å². The summed E-state index contributed by atoms with van der Waals surface area (Å²) in [6.07, 6.45) is 1.27. The summed E-state index contributed by atoms with van der Waals surface area (Å²) in [5.41, 5.74) is 1.53. The highest BCUT2D eigenvalue weighted by Crippen LogP contribution is 2.42. The molecule has 0 aliphatic rings. The molecule has 0 saturated heterocycles. The summed E-state index contributed by atoms with van der Waals surface area (Å²) in [5.74, 6) is 0.641. The van der Waals surface area contributed by atoms with Crippen LogP contribution in [0.3, 0.4) is 0 Å². The molecule has 1 aromatic rings. The zero-order valence-corrected chi connectivity index (χ0v) is 17.6. The van der Waals surface area contributed by atoms with Crippen molar-refractivity contribution < 1.29 is 14.3 Å². The number of pyridine rings is 1. The number of hydrogen-bond donors (Lipinski definition) is 1. The molecule has 0 bridgehead atoms. The Bertz CT molecular complexity index is 444. The van der Waals surface area contributed by atoms with Crippen LogP contribution in [0.25, 0.3) is 0 Å². The lowest BCUT2D eigenvalue weighted by atomic mass is 10.4. The number of aliphatic hydroxyl groups excluding tert-OH is 1. The summed E-state index contributed by atoms with van der Waals surface area (Å²) < 4.78 is 13.1. The van der Waals surface area contributed by atoms with Crippen LogP contribution in [0.5, 0.6) is 5.75 Å². The van der Waals surface area contributed by atoms with Crippen molar-refractivity contribution in [3.05, 3.63) is 22.9 Å². The minimum atomic E-state index is -1.95. The number of aliphatic hydroxyl groups is 1. The van der Waals surface area contributed by atoms with E-state index < -0.39 is 8.32 Å². The average molecular weight is 404 g/mol. The molecule has 0 radical (unpaired) electrons. The van der Waals surface area contributed by atoms with E-state index in [-0.39, 0.29) is 12.7 Å². The Balaban J connectivity index is 2.79. The van der Waals surface area contributed by atoms with Crippen LogP contribution in [-0.2, 0) is 4.43 Å². The average Bonchev–Trinajstić information content (AvgIpc) is 2.47. The molecule has 0 aliphatic carbocycles. The molecule has 1 rings (SSSR count). The number of halogens is 1. The maximum atomic E-state index is 9.64. The van der Waals surface area contributed by atoms with Gasteiger partial charge in [-0.25, -0.2) is 4.98 Å². The topological polar surface area (TPSA) is 51.6 Å². The third-order valence-corrected chi connectivity index (χ3v) is 11.0. The summed E-state index contributed by atoms with van der Waals surface area (Å²) in [6.45, 7) is 13.8. The van der Waals surface area contributed by atoms with Crippen LogP contribution in [0.2, 0.25) is 16.6 Å². The van der Waals surface area contributed by atoms with E-state index >= 15 is 0 Å². The van der Waals surface area contributed by atoms with Gasteiger partial charge < -0.3 is 14.3 Å². The van der Waals surface area contributed by atoms with E-state index in [0.717, 1.165) is 4.60 Å². The second-order valence-corrected chi connectivity index (χ2v) is 13.1. The molecule has 1 heterocycles. The molecule has 0 aromatic carbocycles. The van der Waals surface area contributed by atoms with Crippen molar-refractivity contribution >= 4 is 24.2 Å². The Morgan fingerprint density at radius 1 is 1.09 bits per heavy atom. The van der Waals surface area contributed by atoms with E-state index in [4.69, 9.17) is 9.16 Å². The van der Waals surface area contributed by atoms with E-state index in [1.807, 2.05) is 12.1 Å². The summed E-state index contributed by atoms with van der Waals surface area (Å²) in [6, 6.07) is 3.65. The van der Waals surface area contributed by atoms with Crippen molar-refractivity contribution in [2.45, 2.75) is 64.3 Å². The highest BCUT2D eigenvalue weighted by molar-refractivity contribution is 9.10. The molecule has 6 heteroatoms. The van der Waals surface area contributed by atoms with Crippen LogP contribution < -0.4 is 4.74 Å². The third-order valence-electron chi connectivity index (χ3n) is 4.43. The predicted octanol–water partition coefficient (Wildman–Crippen LogP) is 4.78. The van der Waals surface area contributed by atoms with Crippen molar-refractivity contribution in [2.75, 3.05) is 13.2 Å². The Morgan fingerprint density at radius 2 is 1.65 bits per heavy atom. The second-order valence-electron chi connectivity index (χ2n) is 6.87. The number of rotatable bonds is 9. The number of hydrogen-bond acceptors (Lipinski definition) is 4. The monoisotopic (exact) mass is 403 g/mol. The fourth-order valence-electron chi connectivity index (χ4n) is 3.49. The largest absolute Gasteiger partial charge is 0.484 e. The summed E-state index contributed by atoms with van der Waals surface area (Å²) in [4.78, 5) is 4.14. The molecule has 1 atom stereocenters. The van der Waals surface area contributed by atoms with Crippen LogP contribution in [-0.4, -0.2) is 37.7 Å². The van der Waals surface area contributed by atoms with Gasteiger partial charge in [-0.05, 0) is 44.7 Å². The maximum Gasteiger partial charge on any atom is 0.200 e. The molecule has 0 unspecified atom stereocenters. The molecule has 1 N–H and O–H groups in total. The molecule has 1 aromatic heterocycles. The zero-order valence-electron chi connectivity index (χ0n) is 15.0. The van der Waals surface area contributed by atoms with Crippen LogP contribution >= 0.6 is 15.9 Å². The van der Waals surface area contributed by atoms with Crippen LogP contribution in [0.15, 0.2) is 22.9 Å². The van der Waals surface area contributed by atoms with Crippen LogP contribution in [0.4, 0.5) is 0 Å². The summed E-state index contributed by atoms with van der Waals surface area (Å²) in [5, 5.41) is 9.64. The first-order valence-corrected chi connectivity index (χ1v) is 11.2. The van der Waals surface area contributed by atoms with Crippen molar-refractivity contribution in [1.82, 2.24) is 4.98 Å².